The van der Waals surface area contributed by atoms with Gasteiger partial charge in [-0.3, -0.25) is 14.3 Å². The van der Waals surface area contributed by atoms with Gasteiger partial charge < -0.3 is 15.4 Å². The summed E-state index contributed by atoms with van der Waals surface area (Å²) in [6.07, 6.45) is 0. The monoisotopic (exact) mass is 386 g/mol. The maximum atomic E-state index is 12.5. The summed E-state index contributed by atoms with van der Waals surface area (Å²) in [4.78, 5) is 26.3. The predicted octanol–water partition coefficient (Wildman–Crippen LogP) is 2.39. The molecule has 0 spiro atoms. The minimum Gasteiger partial charge on any atom is -0.497 e. The molecule has 142 valence electrons. The van der Waals surface area contributed by atoms with Crippen molar-refractivity contribution in [2.24, 2.45) is 7.05 Å². The van der Waals surface area contributed by atoms with Crippen LogP contribution in [0.5, 0.6) is 5.75 Å². The molecule has 0 aliphatic rings. The number of methoxy groups -OCH3 is 1. The van der Waals surface area contributed by atoms with E-state index in [1.54, 1.807) is 18.7 Å². The number of hydrogen-bond donors (Lipinski definition) is 2. The van der Waals surface area contributed by atoms with Crippen molar-refractivity contribution < 1.29 is 14.3 Å². The molecule has 2 heterocycles. The molecule has 1 unspecified atom stereocenters. The Balaban J connectivity index is 1.59. The van der Waals surface area contributed by atoms with E-state index in [2.05, 4.69) is 15.7 Å². The normalized spacial score (nSPS) is 12.0. The Morgan fingerprint density at radius 2 is 2.11 bits per heavy atom. The molecule has 0 saturated carbocycles. The molecule has 0 saturated heterocycles. The average molecular weight is 386 g/mol. The molecule has 2 amide bonds. The molecule has 0 bridgehead atoms. The second kappa shape index (κ2) is 7.79. The van der Waals surface area contributed by atoms with Crippen LogP contribution in [0.2, 0.25) is 0 Å². The molecule has 2 aromatic heterocycles. The second-order valence-corrected chi connectivity index (χ2v) is 7.33. The summed E-state index contributed by atoms with van der Waals surface area (Å²) in [5.41, 5.74) is 1.81. The van der Waals surface area contributed by atoms with Crippen LogP contribution in [-0.2, 0) is 18.4 Å². The van der Waals surface area contributed by atoms with Crippen LogP contribution >= 0.6 is 11.3 Å². The van der Waals surface area contributed by atoms with E-state index in [1.165, 1.54) is 11.3 Å². The second-order valence-electron chi connectivity index (χ2n) is 6.30. The van der Waals surface area contributed by atoms with E-state index in [4.69, 9.17) is 4.74 Å². The van der Waals surface area contributed by atoms with Crippen molar-refractivity contribution in [1.29, 1.82) is 0 Å². The molecule has 3 rings (SSSR count). The van der Waals surface area contributed by atoms with E-state index < -0.39 is 6.04 Å². The van der Waals surface area contributed by atoms with E-state index in [9.17, 15) is 9.59 Å². The van der Waals surface area contributed by atoms with Crippen LogP contribution in [0.15, 0.2) is 30.3 Å². The van der Waals surface area contributed by atoms with Gasteiger partial charge in [-0.2, -0.15) is 5.10 Å². The van der Waals surface area contributed by atoms with Crippen molar-refractivity contribution in [2.45, 2.75) is 26.4 Å². The molecule has 0 fully saturated rings. The minimum atomic E-state index is -0.646. The zero-order valence-electron chi connectivity index (χ0n) is 15.7. The predicted molar refractivity (Wildman–Crippen MR) is 105 cm³/mol. The lowest BCUT2D eigenvalue weighted by molar-refractivity contribution is -0.122. The number of thiophene rings is 1. The maximum absolute atomic E-state index is 12.5. The van der Waals surface area contributed by atoms with E-state index in [0.29, 0.717) is 11.4 Å². The van der Waals surface area contributed by atoms with Crippen LogP contribution in [0.4, 0.5) is 0 Å². The van der Waals surface area contributed by atoms with Gasteiger partial charge in [-0.15, -0.1) is 11.3 Å². The minimum absolute atomic E-state index is 0.245. The number of benzene rings is 1. The first-order valence-corrected chi connectivity index (χ1v) is 9.35. The lowest BCUT2D eigenvalue weighted by atomic mass is 10.2. The topological polar surface area (TPSA) is 85.2 Å². The van der Waals surface area contributed by atoms with E-state index in [0.717, 1.165) is 27.2 Å². The molecular weight excluding hydrogens is 364 g/mol. The Kier molecular flexibility index (Phi) is 5.46. The molecule has 27 heavy (non-hydrogen) atoms. The van der Waals surface area contributed by atoms with E-state index in [1.807, 2.05) is 44.3 Å². The first kappa shape index (κ1) is 18.9. The van der Waals surface area contributed by atoms with Crippen LogP contribution < -0.4 is 15.4 Å². The van der Waals surface area contributed by atoms with Crippen LogP contribution in [0.25, 0.3) is 10.2 Å². The first-order chi connectivity index (χ1) is 12.9. The highest BCUT2D eigenvalue weighted by Crippen LogP contribution is 2.27. The summed E-state index contributed by atoms with van der Waals surface area (Å²) in [6.45, 7) is 3.94. The molecule has 1 aromatic carbocycles. The van der Waals surface area contributed by atoms with Crippen LogP contribution in [0.1, 0.15) is 27.9 Å². The third kappa shape index (κ3) is 4.11. The van der Waals surface area contributed by atoms with Crippen LogP contribution in [0.3, 0.4) is 0 Å². The molecule has 0 aliphatic carbocycles. The SMILES string of the molecule is COc1cccc(CNC(=O)C(C)NC(=O)c2cc3c(C)nn(C)c3s2)c1. The van der Waals surface area contributed by atoms with Gasteiger partial charge in [-0.1, -0.05) is 12.1 Å². The van der Waals surface area contributed by atoms with Crippen molar-refractivity contribution in [3.63, 3.8) is 0 Å². The molecule has 1 atom stereocenters. The molecule has 3 aromatic rings. The van der Waals surface area contributed by atoms with Gasteiger partial charge in [-0.25, -0.2) is 0 Å². The fraction of sp³-hybridized carbons (Fsp3) is 0.316. The Hall–Kier alpha value is -2.87. The quantitative estimate of drug-likeness (QED) is 0.681. The average Bonchev–Trinajstić information content (AvgIpc) is 3.21. The number of nitrogens with one attached hydrogen (secondary N) is 2. The Bertz CT molecular complexity index is 958. The first-order valence-electron chi connectivity index (χ1n) is 8.53. The number of carbonyl (C=O) groups excluding carboxylic acids is 2. The zero-order chi connectivity index (χ0) is 19.6. The van der Waals surface area contributed by atoms with Gasteiger partial charge in [0, 0.05) is 19.0 Å². The zero-order valence-corrected chi connectivity index (χ0v) is 16.5. The third-order valence-electron chi connectivity index (χ3n) is 4.26. The standard InChI is InChI=1S/C19H22N4O3S/c1-11-15-9-16(27-19(15)23(3)22-11)18(25)21-12(2)17(24)20-10-13-6-5-7-14(8-13)26-4/h5-9,12H,10H2,1-4H3,(H,20,24)(H,21,25). The number of hydrogen-bond acceptors (Lipinski definition) is 5. The number of fused-ring (bicyclic) bond motifs is 1. The van der Waals surface area contributed by atoms with Gasteiger partial charge in [0.1, 0.15) is 16.6 Å². The summed E-state index contributed by atoms with van der Waals surface area (Å²) in [5.74, 6) is 0.224. The van der Waals surface area contributed by atoms with Crippen LogP contribution in [0, 0.1) is 6.92 Å². The number of carbonyl (C=O) groups is 2. The smallest absolute Gasteiger partial charge is 0.262 e. The van der Waals surface area contributed by atoms with Crippen LogP contribution in [-0.4, -0.2) is 34.7 Å². The summed E-state index contributed by atoms with van der Waals surface area (Å²) < 4.78 is 6.93. The summed E-state index contributed by atoms with van der Waals surface area (Å²) in [7, 11) is 3.45. The Labute approximate surface area is 161 Å². The van der Waals surface area contributed by atoms with Gasteiger partial charge in [0.15, 0.2) is 0 Å². The number of amides is 2. The van der Waals surface area contributed by atoms with E-state index in [-0.39, 0.29) is 11.8 Å². The van der Waals surface area contributed by atoms with E-state index >= 15 is 0 Å². The molecular formula is C19H22N4O3S. The Morgan fingerprint density at radius 3 is 2.81 bits per heavy atom. The lowest BCUT2D eigenvalue weighted by Crippen LogP contribution is -2.44. The fourth-order valence-corrected chi connectivity index (χ4v) is 3.80. The molecule has 0 radical (unpaired) electrons. The van der Waals surface area contributed by atoms with Gasteiger partial charge in [0.2, 0.25) is 5.91 Å². The number of aromatic nitrogens is 2. The van der Waals surface area contributed by atoms with Crippen molar-refractivity contribution in [1.82, 2.24) is 20.4 Å². The number of ether oxygens (including phenoxy) is 1. The van der Waals surface area contributed by atoms with Gasteiger partial charge in [0.05, 0.1) is 17.7 Å². The highest BCUT2D eigenvalue weighted by molar-refractivity contribution is 7.20. The number of rotatable bonds is 6. The largest absolute Gasteiger partial charge is 0.497 e. The van der Waals surface area contributed by atoms with Crippen molar-refractivity contribution in [3.05, 3.63) is 46.5 Å². The summed E-state index contributed by atoms with van der Waals surface area (Å²) in [6, 6.07) is 8.64. The summed E-state index contributed by atoms with van der Waals surface area (Å²) >= 11 is 1.36. The number of nitrogens with zero attached hydrogens (tertiary/aromatic N) is 2. The lowest BCUT2D eigenvalue weighted by Gasteiger charge is -2.14. The van der Waals surface area contributed by atoms with Crippen molar-refractivity contribution >= 4 is 33.4 Å². The Morgan fingerprint density at radius 1 is 1.33 bits per heavy atom. The highest BCUT2D eigenvalue weighted by atomic mass is 32.1. The molecule has 8 heteroatoms. The van der Waals surface area contributed by atoms with Crippen molar-refractivity contribution in [3.8, 4) is 5.75 Å². The van der Waals surface area contributed by atoms with Gasteiger partial charge in [-0.05, 0) is 37.6 Å². The number of aryl methyl sites for hydroxylation is 2. The summed E-state index contributed by atoms with van der Waals surface area (Å²) in [5, 5.41) is 10.9. The molecule has 2 N–H and O–H groups in total. The van der Waals surface area contributed by atoms with Crippen molar-refractivity contribution in [2.75, 3.05) is 7.11 Å². The fourth-order valence-electron chi connectivity index (χ4n) is 2.78. The molecule has 0 aliphatic heterocycles. The van der Waals surface area contributed by atoms with Gasteiger partial charge in [0.25, 0.3) is 5.91 Å². The third-order valence-corrected chi connectivity index (χ3v) is 5.46. The maximum Gasteiger partial charge on any atom is 0.262 e. The van der Waals surface area contributed by atoms with Gasteiger partial charge >= 0.3 is 0 Å². The highest BCUT2D eigenvalue weighted by Gasteiger charge is 2.19. The molecule has 7 nitrogen and oxygen atoms in total.